The molecule has 0 atom stereocenters. The topological polar surface area (TPSA) is 0 Å². The van der Waals surface area contributed by atoms with Crippen molar-refractivity contribution in [2.24, 2.45) is 0 Å². The summed E-state index contributed by atoms with van der Waals surface area (Å²) in [7, 11) is 10.8. The van der Waals surface area contributed by atoms with Crippen LogP contribution in [-0.4, -0.2) is 9.52 Å². The number of hydrogen-bond donors (Lipinski definition) is 0. The molecule has 0 N–H and O–H groups in total. The van der Waals surface area contributed by atoms with E-state index in [0.717, 1.165) is 9.52 Å². The fraction of sp³-hybridized carbons (Fsp3) is 0.0769. The number of benzene rings is 5. The zero-order valence-corrected chi connectivity index (χ0v) is 29.7. The first-order valence-corrected chi connectivity index (χ1v) is 22.0. The predicted octanol–water partition coefficient (Wildman–Crippen LogP) is 11.5. The Balaban J connectivity index is 0.000000148. The van der Waals surface area contributed by atoms with Crippen molar-refractivity contribution in [1.29, 1.82) is 0 Å². The summed E-state index contributed by atoms with van der Waals surface area (Å²) in [5, 5.41) is 6.76. The van der Waals surface area contributed by atoms with Crippen molar-refractivity contribution in [3.63, 3.8) is 0 Å². The molecule has 7 aromatic rings. The number of hydrogen-bond acceptors (Lipinski definition) is 0. The Labute approximate surface area is 277 Å². The van der Waals surface area contributed by atoms with E-state index in [2.05, 4.69) is 166 Å². The maximum atomic E-state index is 4.93. The van der Waals surface area contributed by atoms with E-state index >= 15 is 0 Å². The zero-order chi connectivity index (χ0) is 30.4. The zero-order valence-electron chi connectivity index (χ0n) is 24.7. The molecule has 0 saturated heterocycles. The quantitative estimate of drug-likeness (QED) is 0.128. The fourth-order valence-corrected chi connectivity index (χ4v) is 5.48. The number of fused-ring (bicyclic) bond motifs is 2. The average molecular weight is 693 g/mol. The Hall–Kier alpha value is -3.00. The maximum absolute atomic E-state index is 4.93. The van der Waals surface area contributed by atoms with Gasteiger partial charge in [-0.05, 0) is 22.3 Å². The Bertz CT molecular complexity index is 1690. The molecule has 0 saturated carbocycles. The SMILES string of the molecule is C[Si]c1ccccc1.Cc1cc2cc(-c3ccccc3)ccc2[cH-]1.Cc1cc2cc(-c3ccccc3)ccc2[cH-]1.[Cl][Zr+2][Cl]. The first-order valence-electron chi connectivity index (χ1n) is 14.1. The van der Waals surface area contributed by atoms with Gasteiger partial charge in [-0.1, -0.05) is 141 Å². The molecule has 0 amide bonds. The Morgan fingerprint density at radius 2 is 0.860 bits per heavy atom. The second kappa shape index (κ2) is 17.3. The van der Waals surface area contributed by atoms with E-state index in [1.54, 1.807) is 0 Å². The number of rotatable bonds is 3. The van der Waals surface area contributed by atoms with Gasteiger partial charge >= 0.3 is 37.9 Å². The van der Waals surface area contributed by atoms with Crippen LogP contribution in [0.4, 0.5) is 0 Å². The van der Waals surface area contributed by atoms with Crippen LogP contribution >= 0.6 is 17.0 Å². The molecule has 43 heavy (non-hydrogen) atoms. The molecule has 2 radical (unpaired) electrons. The van der Waals surface area contributed by atoms with E-state index in [9.17, 15) is 0 Å². The van der Waals surface area contributed by atoms with Crippen LogP contribution in [0.3, 0.4) is 0 Å². The summed E-state index contributed by atoms with van der Waals surface area (Å²) in [6.45, 7) is 6.47. The first kappa shape index (κ1) is 32.9. The van der Waals surface area contributed by atoms with Crippen molar-refractivity contribution in [2.45, 2.75) is 20.4 Å². The molecule has 212 valence electrons. The van der Waals surface area contributed by atoms with Gasteiger partial charge in [0.2, 0.25) is 0 Å². The third kappa shape index (κ3) is 10.0. The van der Waals surface area contributed by atoms with Crippen LogP contribution in [0.2, 0.25) is 6.55 Å². The van der Waals surface area contributed by atoms with Crippen LogP contribution in [0.15, 0.2) is 152 Å². The van der Waals surface area contributed by atoms with E-state index < -0.39 is 20.8 Å². The minimum atomic E-state index is -0.826. The van der Waals surface area contributed by atoms with Crippen molar-refractivity contribution in [3.05, 3.63) is 163 Å². The van der Waals surface area contributed by atoms with Gasteiger partial charge in [0.25, 0.3) is 0 Å². The third-order valence-corrected chi connectivity index (χ3v) is 7.89. The van der Waals surface area contributed by atoms with E-state index in [-0.39, 0.29) is 0 Å². The molecular formula is C39H34Cl2SiZr. The predicted molar refractivity (Wildman–Crippen MR) is 189 cm³/mol. The first-order chi connectivity index (χ1) is 21.0. The van der Waals surface area contributed by atoms with Gasteiger partial charge in [-0.2, -0.15) is 12.1 Å². The van der Waals surface area contributed by atoms with E-state index in [1.165, 1.54) is 60.1 Å². The van der Waals surface area contributed by atoms with Crippen molar-refractivity contribution in [2.75, 3.05) is 0 Å². The van der Waals surface area contributed by atoms with Gasteiger partial charge in [-0.3, -0.25) is 0 Å². The fourth-order valence-electron chi connectivity index (χ4n) is 4.95. The molecule has 4 heteroatoms. The monoisotopic (exact) mass is 690 g/mol. The Kier molecular flexibility index (Phi) is 13.3. The minimum absolute atomic E-state index is 0.826. The molecule has 0 nitrogen and oxygen atoms in total. The molecule has 0 unspecified atom stereocenters. The van der Waals surface area contributed by atoms with Crippen LogP contribution < -0.4 is 5.19 Å². The standard InChI is InChI=1S/2C16H13.C7H8Si.2ClH.Zr/c2*1-12-9-14-7-8-15(11-16(14)10-12)13-5-3-2-4-6-13;1-8-7-5-3-2-4-6-7;;;/h2*2-11H,1H3;2-6H,1H3;2*1H;/q2*-1;;;;+4/p-2. The Morgan fingerprint density at radius 1 is 0.488 bits per heavy atom. The summed E-state index contributed by atoms with van der Waals surface area (Å²) < 4.78 is 0. The van der Waals surface area contributed by atoms with Crippen LogP contribution in [0.1, 0.15) is 11.1 Å². The number of halogens is 2. The normalized spacial score (nSPS) is 9.98. The molecule has 0 aliphatic heterocycles. The molecular weight excluding hydrogens is 659 g/mol. The van der Waals surface area contributed by atoms with Crippen LogP contribution in [0.5, 0.6) is 0 Å². The van der Waals surface area contributed by atoms with Gasteiger partial charge in [0.05, 0.1) is 9.52 Å². The van der Waals surface area contributed by atoms with Crippen LogP contribution in [0.25, 0.3) is 43.8 Å². The molecule has 0 fully saturated rings. The summed E-state index contributed by atoms with van der Waals surface area (Å²) in [5.41, 5.74) is 7.81. The van der Waals surface area contributed by atoms with Crippen molar-refractivity contribution < 1.29 is 20.8 Å². The second-order valence-corrected chi connectivity index (χ2v) is 15.0. The van der Waals surface area contributed by atoms with Crippen molar-refractivity contribution >= 4 is 53.3 Å². The average Bonchev–Trinajstić information content (AvgIpc) is 3.62. The van der Waals surface area contributed by atoms with Gasteiger partial charge in [0.1, 0.15) is 0 Å². The van der Waals surface area contributed by atoms with Gasteiger partial charge in [-0.25, -0.2) is 0 Å². The Morgan fingerprint density at radius 3 is 1.21 bits per heavy atom. The van der Waals surface area contributed by atoms with Crippen LogP contribution in [-0.2, 0) is 20.8 Å². The second-order valence-electron chi connectivity index (χ2n) is 10.2. The van der Waals surface area contributed by atoms with Crippen LogP contribution in [0, 0.1) is 13.8 Å². The van der Waals surface area contributed by atoms with Gasteiger partial charge < -0.3 is 0 Å². The molecule has 0 bridgehead atoms. The summed E-state index contributed by atoms with van der Waals surface area (Å²) in [6, 6.07) is 53.7. The summed E-state index contributed by atoms with van der Waals surface area (Å²) in [4.78, 5) is 0. The molecule has 7 aromatic carbocycles. The van der Waals surface area contributed by atoms with E-state index in [0.29, 0.717) is 0 Å². The molecule has 0 aliphatic carbocycles. The molecule has 7 rings (SSSR count). The van der Waals surface area contributed by atoms with Crippen molar-refractivity contribution in [3.8, 4) is 22.3 Å². The summed E-state index contributed by atoms with van der Waals surface area (Å²) in [6.07, 6.45) is 0. The van der Waals surface area contributed by atoms with Gasteiger partial charge in [-0.15, -0.1) is 56.9 Å². The molecule has 0 aromatic heterocycles. The van der Waals surface area contributed by atoms with Gasteiger partial charge in [0, 0.05) is 0 Å². The van der Waals surface area contributed by atoms with E-state index in [1.807, 2.05) is 6.07 Å². The van der Waals surface area contributed by atoms with E-state index in [4.69, 9.17) is 17.0 Å². The molecule has 0 aliphatic rings. The molecule has 0 spiro atoms. The third-order valence-electron chi connectivity index (χ3n) is 6.98. The summed E-state index contributed by atoms with van der Waals surface area (Å²) in [5.74, 6) is 0. The van der Waals surface area contributed by atoms with Crippen molar-refractivity contribution in [1.82, 2.24) is 0 Å². The summed E-state index contributed by atoms with van der Waals surface area (Å²) >= 11 is -0.826. The molecule has 0 heterocycles. The number of aryl methyl sites for hydroxylation is 2. The van der Waals surface area contributed by atoms with Gasteiger partial charge in [0.15, 0.2) is 0 Å².